The van der Waals surface area contributed by atoms with E-state index in [2.05, 4.69) is 278 Å². The van der Waals surface area contributed by atoms with Gasteiger partial charge in [0, 0.05) is 38.5 Å². The first kappa shape index (κ1) is 46.2. The van der Waals surface area contributed by atoms with Gasteiger partial charge in [-0.25, -0.2) is 0 Å². The Bertz CT molecular complexity index is 3870. The second kappa shape index (κ2) is 17.2. The van der Waals surface area contributed by atoms with Crippen LogP contribution in [0.2, 0.25) is 0 Å². The van der Waals surface area contributed by atoms with E-state index in [4.69, 9.17) is 4.42 Å². The number of hydrogen-bond acceptors (Lipinski definition) is 4. The third-order valence-corrected chi connectivity index (χ3v) is 21.9. The average Bonchev–Trinajstić information content (AvgIpc) is 3.96. The van der Waals surface area contributed by atoms with E-state index in [1.54, 1.807) is 0 Å². The Hall–Kier alpha value is -7.64. The molecule has 0 N–H and O–H groups in total. The van der Waals surface area contributed by atoms with Crippen molar-refractivity contribution < 1.29 is 4.42 Å². The van der Waals surface area contributed by atoms with Crippen molar-refractivity contribution in [1.29, 1.82) is 0 Å². The van der Waals surface area contributed by atoms with Crippen LogP contribution >= 0.6 is 11.3 Å². The number of fused-ring (bicyclic) bond motifs is 8. The topological polar surface area (TPSA) is 19.6 Å². The van der Waals surface area contributed by atoms with Crippen molar-refractivity contribution in [2.45, 2.75) is 66.2 Å². The summed E-state index contributed by atoms with van der Waals surface area (Å²) in [6.07, 6.45) is 0. The van der Waals surface area contributed by atoms with Crippen LogP contribution in [0.3, 0.4) is 0 Å². The van der Waals surface area contributed by atoms with Gasteiger partial charge in [-0.1, -0.05) is 205 Å². The number of aryl methyl sites for hydroxylation is 2. The Morgan fingerprint density at radius 1 is 0.473 bits per heavy atom. The zero-order chi connectivity index (χ0) is 50.7. The van der Waals surface area contributed by atoms with Gasteiger partial charge in [0.15, 0.2) is 13.7 Å². The molecule has 2 aliphatic heterocycles. The Morgan fingerprint density at radius 2 is 1.00 bits per heavy atom. The molecule has 0 radical (unpaired) electrons. The van der Waals surface area contributed by atoms with Gasteiger partial charge in [0.25, 0.3) is 6.71 Å². The highest BCUT2D eigenvalue weighted by Crippen LogP contribution is 2.52. The predicted octanol–water partition coefficient (Wildman–Crippen LogP) is 14.0. The van der Waals surface area contributed by atoms with Gasteiger partial charge in [-0.2, -0.15) is 0 Å². The molecule has 0 aliphatic carbocycles. The molecule has 2 aliphatic rings. The molecular formula is C68H59BN2OSSi. The molecule has 0 bridgehead atoms. The maximum atomic E-state index is 7.15. The van der Waals surface area contributed by atoms with Crippen molar-refractivity contribution in [3.05, 3.63) is 235 Å². The van der Waals surface area contributed by atoms with Crippen LogP contribution in [0.15, 0.2) is 217 Å². The smallest absolute Gasteiger partial charge is 0.264 e. The quantitative estimate of drug-likeness (QED) is 0.117. The fraction of sp³-hybridized carbons (Fsp3) is 0.147. The first-order valence-corrected chi connectivity index (χ1v) is 28.9. The molecule has 13 rings (SSSR count). The summed E-state index contributed by atoms with van der Waals surface area (Å²) in [4.78, 5) is 5.20. The number of hydrogen-bond donors (Lipinski definition) is 0. The number of thiophene rings is 1. The fourth-order valence-corrected chi connectivity index (χ4v) is 18.4. The van der Waals surface area contributed by atoms with Crippen LogP contribution in [-0.4, -0.2) is 14.8 Å². The number of rotatable bonds is 7. The Labute approximate surface area is 441 Å². The van der Waals surface area contributed by atoms with Crippen LogP contribution in [0.5, 0.6) is 0 Å². The van der Waals surface area contributed by atoms with E-state index in [0.717, 1.165) is 27.9 Å². The molecule has 11 aromatic rings. The summed E-state index contributed by atoms with van der Waals surface area (Å²) in [5.41, 5.74) is 19.0. The molecule has 0 fully saturated rings. The van der Waals surface area contributed by atoms with Crippen LogP contribution in [-0.2, 0) is 10.8 Å². The molecule has 9 aromatic carbocycles. The molecule has 0 amide bonds. The van der Waals surface area contributed by atoms with E-state index in [9.17, 15) is 0 Å². The van der Waals surface area contributed by atoms with Crippen molar-refractivity contribution in [1.82, 2.24) is 0 Å². The number of nitrogens with zero attached hydrogens (tertiary/aromatic N) is 2. The summed E-state index contributed by atoms with van der Waals surface area (Å²) in [5.74, 6) is 0. The lowest BCUT2D eigenvalue weighted by molar-refractivity contribution is 0.589. The number of anilines is 6. The highest BCUT2D eigenvalue weighted by atomic mass is 32.1. The Kier molecular flexibility index (Phi) is 10.7. The SMILES string of the molecule is Cc1cc2c3c(c1)N(c1ccc(C(C)(C)C)cc1C)c1c(sc4c1oc1ccccc14)B3c1cc([Si](c3ccccc3)(c3ccccc3)c3ccccc3)ccc1N2c1ccc(C(C)(C)C)cc1-c1ccccc1. The molecule has 0 unspecified atom stereocenters. The third kappa shape index (κ3) is 7.13. The van der Waals surface area contributed by atoms with Gasteiger partial charge in [-0.05, 0) is 133 Å². The molecule has 74 heavy (non-hydrogen) atoms. The summed E-state index contributed by atoms with van der Waals surface area (Å²) in [5, 5.41) is 6.58. The van der Waals surface area contributed by atoms with Gasteiger partial charge < -0.3 is 14.2 Å². The molecule has 0 spiro atoms. The van der Waals surface area contributed by atoms with Crippen LogP contribution in [0.25, 0.3) is 32.4 Å². The zero-order valence-electron chi connectivity index (χ0n) is 43.5. The summed E-state index contributed by atoms with van der Waals surface area (Å²) in [6.45, 7) is 18.3. The number of furan rings is 1. The van der Waals surface area contributed by atoms with E-state index in [1.165, 1.54) is 97.3 Å². The Balaban J connectivity index is 1.18. The monoisotopic (exact) mass is 990 g/mol. The first-order chi connectivity index (χ1) is 35.8. The molecular weight excluding hydrogens is 932 g/mol. The lowest BCUT2D eigenvalue weighted by Gasteiger charge is -2.44. The van der Waals surface area contributed by atoms with E-state index in [-0.39, 0.29) is 17.5 Å². The summed E-state index contributed by atoms with van der Waals surface area (Å²) < 4.78 is 9.64. The van der Waals surface area contributed by atoms with Crippen LogP contribution < -0.4 is 46.2 Å². The number of benzene rings is 9. The summed E-state index contributed by atoms with van der Waals surface area (Å²) in [7, 11) is -2.98. The lowest BCUT2D eigenvalue weighted by atomic mass is 9.36. The predicted molar refractivity (Wildman–Crippen MR) is 322 cm³/mol. The normalized spacial score (nSPS) is 13.3. The molecule has 3 nitrogen and oxygen atoms in total. The Morgan fingerprint density at radius 3 is 1.59 bits per heavy atom. The third-order valence-electron chi connectivity index (χ3n) is 15.9. The molecule has 4 heterocycles. The van der Waals surface area contributed by atoms with Crippen LogP contribution in [0, 0.1) is 13.8 Å². The van der Waals surface area contributed by atoms with Gasteiger partial charge >= 0.3 is 0 Å². The van der Waals surface area contributed by atoms with Gasteiger partial charge in [-0.3, -0.25) is 0 Å². The molecule has 0 saturated carbocycles. The van der Waals surface area contributed by atoms with E-state index < -0.39 is 8.07 Å². The minimum absolute atomic E-state index is 0.00295. The summed E-state index contributed by atoms with van der Waals surface area (Å²) in [6, 6.07) is 80.5. The van der Waals surface area contributed by atoms with Crippen molar-refractivity contribution in [2.24, 2.45) is 0 Å². The van der Waals surface area contributed by atoms with Gasteiger partial charge in [0.1, 0.15) is 5.58 Å². The highest BCUT2D eigenvalue weighted by Gasteiger charge is 2.49. The van der Waals surface area contributed by atoms with Crippen molar-refractivity contribution in [2.75, 3.05) is 9.80 Å². The van der Waals surface area contributed by atoms with Crippen LogP contribution in [0.4, 0.5) is 34.1 Å². The highest BCUT2D eigenvalue weighted by molar-refractivity contribution is 7.34. The van der Waals surface area contributed by atoms with Crippen LogP contribution in [0.1, 0.15) is 63.8 Å². The average molecular weight is 991 g/mol. The first-order valence-electron chi connectivity index (χ1n) is 26.1. The van der Waals surface area contributed by atoms with Crippen molar-refractivity contribution in [3.63, 3.8) is 0 Å². The molecule has 360 valence electrons. The van der Waals surface area contributed by atoms with E-state index in [0.29, 0.717) is 0 Å². The van der Waals surface area contributed by atoms with Gasteiger partial charge in [0.2, 0.25) is 0 Å². The largest absolute Gasteiger partial charge is 0.453 e. The van der Waals surface area contributed by atoms with Crippen molar-refractivity contribution in [3.8, 4) is 11.1 Å². The lowest BCUT2D eigenvalue weighted by Crippen LogP contribution is -2.75. The zero-order valence-corrected chi connectivity index (χ0v) is 45.3. The minimum atomic E-state index is -2.98. The fourth-order valence-electron chi connectivity index (χ4n) is 12.3. The molecule has 0 saturated heterocycles. The van der Waals surface area contributed by atoms with E-state index >= 15 is 0 Å². The van der Waals surface area contributed by atoms with E-state index in [1.807, 2.05) is 11.3 Å². The van der Waals surface area contributed by atoms with Gasteiger partial charge in [-0.15, -0.1) is 11.3 Å². The number of para-hydroxylation sites is 1. The van der Waals surface area contributed by atoms with Crippen molar-refractivity contribution >= 4 is 118 Å². The molecule has 2 aromatic heterocycles. The minimum Gasteiger partial charge on any atom is -0.453 e. The maximum absolute atomic E-state index is 7.15. The molecule has 0 atom stereocenters. The molecule has 6 heteroatoms. The maximum Gasteiger partial charge on any atom is 0.264 e. The van der Waals surface area contributed by atoms with Gasteiger partial charge in [0.05, 0.1) is 16.1 Å². The second-order valence-electron chi connectivity index (χ2n) is 22.6. The summed E-state index contributed by atoms with van der Waals surface area (Å²) >= 11 is 1.92. The standard InChI is InChI=1S/C68H59BN2OSSi/c1-44-39-59-62-60(40-44)71(56-36-33-47(41-45(56)2)67(3,4)5)63-64-65(53-31-21-22-32-61(53)72-64)73-66(63)69(62)55-43-52(74(49-25-15-10-16-26-49,50-27-17-11-18-28-50)51-29-19-12-20-30-51)35-38-58(55)70(59)57-37-34-48(68(6,7)8)42-54(57)46-23-13-9-14-24-46/h9-43H,1-8H3. The second-order valence-corrected chi connectivity index (χ2v) is 27.5.